The van der Waals surface area contributed by atoms with Crippen LogP contribution in [0.5, 0.6) is 0 Å². The maximum atomic E-state index is 12.7. The van der Waals surface area contributed by atoms with Crippen LogP contribution in [0.3, 0.4) is 0 Å². The molecule has 30 heavy (non-hydrogen) atoms. The number of hydrogen-bond acceptors (Lipinski definition) is 5. The number of pyridine rings is 1. The number of fused-ring (bicyclic) bond motifs is 2. The van der Waals surface area contributed by atoms with Gasteiger partial charge in [-0.25, -0.2) is 4.79 Å². The van der Waals surface area contributed by atoms with Gasteiger partial charge in [-0.3, -0.25) is 9.20 Å². The van der Waals surface area contributed by atoms with E-state index in [4.69, 9.17) is 4.74 Å². The molecule has 7 nitrogen and oxygen atoms in total. The fourth-order valence-electron chi connectivity index (χ4n) is 3.66. The van der Waals surface area contributed by atoms with Crippen LogP contribution in [0.4, 0.5) is 0 Å². The summed E-state index contributed by atoms with van der Waals surface area (Å²) in [7, 11) is 0. The summed E-state index contributed by atoms with van der Waals surface area (Å²) in [5, 5.41) is 11.1. The van der Waals surface area contributed by atoms with Crippen molar-refractivity contribution < 1.29 is 14.3 Å². The molecule has 1 atom stereocenters. The van der Waals surface area contributed by atoms with Gasteiger partial charge in [0.1, 0.15) is 6.10 Å². The van der Waals surface area contributed by atoms with E-state index in [1.807, 2.05) is 59.1 Å². The number of aromatic nitrogens is 3. The molecule has 2 aromatic carbocycles. The van der Waals surface area contributed by atoms with E-state index in [9.17, 15) is 9.59 Å². The first-order valence-electron chi connectivity index (χ1n) is 9.65. The molecule has 0 saturated carbocycles. The van der Waals surface area contributed by atoms with Gasteiger partial charge in [0.15, 0.2) is 11.5 Å². The maximum Gasteiger partial charge on any atom is 0.339 e. The topological polar surface area (TPSA) is 85.6 Å². The van der Waals surface area contributed by atoms with Crippen LogP contribution in [0.25, 0.3) is 5.65 Å². The number of carbonyl (C=O) groups excluding carboxylic acids is 2. The van der Waals surface area contributed by atoms with Gasteiger partial charge in [-0.1, -0.05) is 36.4 Å². The predicted molar refractivity (Wildman–Crippen MR) is 109 cm³/mol. The Balaban J connectivity index is 1.34. The number of amides is 1. The van der Waals surface area contributed by atoms with Crippen LogP contribution in [-0.2, 0) is 17.7 Å². The third-order valence-electron chi connectivity index (χ3n) is 5.20. The minimum atomic E-state index is -0.369. The molecular weight excluding hydrogens is 380 g/mol. The molecule has 5 rings (SSSR count). The number of cyclic esters (lactones) is 1. The highest BCUT2D eigenvalue weighted by molar-refractivity contribution is 5.97. The third-order valence-corrected chi connectivity index (χ3v) is 5.20. The summed E-state index contributed by atoms with van der Waals surface area (Å²) in [5.74, 6) is 0.0392. The molecule has 0 spiro atoms. The summed E-state index contributed by atoms with van der Waals surface area (Å²) in [5.41, 5.74) is 3.46. The average molecular weight is 398 g/mol. The Bertz CT molecular complexity index is 1250. The van der Waals surface area contributed by atoms with Crippen LogP contribution in [0, 0.1) is 0 Å². The number of nitrogens with zero attached hydrogens (tertiary/aromatic N) is 3. The molecule has 1 aliphatic rings. The van der Waals surface area contributed by atoms with Crippen LogP contribution in [-0.4, -0.2) is 26.5 Å². The van der Waals surface area contributed by atoms with E-state index in [2.05, 4.69) is 15.5 Å². The molecule has 3 heterocycles. The SMILES string of the molecule is O=C(NCc1nnc2ccccn12)c1ccc2c(c1)CC(c1ccccc1)OC2=O. The van der Waals surface area contributed by atoms with Gasteiger partial charge in [0.2, 0.25) is 0 Å². The van der Waals surface area contributed by atoms with Crippen LogP contribution in [0.15, 0.2) is 72.9 Å². The van der Waals surface area contributed by atoms with Crippen LogP contribution >= 0.6 is 0 Å². The van der Waals surface area contributed by atoms with Gasteiger partial charge >= 0.3 is 5.97 Å². The number of carbonyl (C=O) groups is 2. The van der Waals surface area contributed by atoms with Crippen molar-refractivity contribution >= 4 is 17.5 Å². The molecule has 0 bridgehead atoms. The van der Waals surface area contributed by atoms with E-state index >= 15 is 0 Å². The zero-order valence-electron chi connectivity index (χ0n) is 16.0. The minimum Gasteiger partial charge on any atom is -0.454 e. The van der Waals surface area contributed by atoms with E-state index in [-0.39, 0.29) is 24.5 Å². The number of ether oxygens (including phenoxy) is 1. The van der Waals surface area contributed by atoms with Crippen molar-refractivity contribution in [1.82, 2.24) is 19.9 Å². The number of rotatable bonds is 4. The Morgan fingerprint density at radius 1 is 1.07 bits per heavy atom. The lowest BCUT2D eigenvalue weighted by molar-refractivity contribution is 0.0252. The van der Waals surface area contributed by atoms with E-state index in [0.717, 1.165) is 16.8 Å². The Morgan fingerprint density at radius 2 is 1.90 bits per heavy atom. The Labute approximate surface area is 172 Å². The van der Waals surface area contributed by atoms with Gasteiger partial charge in [-0.05, 0) is 41.5 Å². The summed E-state index contributed by atoms with van der Waals surface area (Å²) in [6.45, 7) is 0.246. The molecule has 1 amide bonds. The van der Waals surface area contributed by atoms with Crippen LogP contribution < -0.4 is 5.32 Å². The fourth-order valence-corrected chi connectivity index (χ4v) is 3.66. The number of nitrogens with one attached hydrogen (secondary N) is 1. The molecule has 0 aliphatic carbocycles. The smallest absolute Gasteiger partial charge is 0.339 e. The largest absolute Gasteiger partial charge is 0.454 e. The predicted octanol–water partition coefficient (Wildman–Crippen LogP) is 3.11. The molecule has 1 aliphatic heterocycles. The lowest BCUT2D eigenvalue weighted by Crippen LogP contribution is -2.26. The Morgan fingerprint density at radius 3 is 2.77 bits per heavy atom. The van der Waals surface area contributed by atoms with Gasteiger partial charge in [-0.15, -0.1) is 10.2 Å². The molecule has 148 valence electrons. The van der Waals surface area contributed by atoms with Gasteiger partial charge in [0.25, 0.3) is 5.91 Å². The zero-order valence-corrected chi connectivity index (χ0v) is 16.0. The first-order valence-corrected chi connectivity index (χ1v) is 9.65. The normalized spacial score (nSPS) is 15.5. The average Bonchev–Trinajstić information content (AvgIpc) is 3.21. The van der Waals surface area contributed by atoms with Crippen LogP contribution in [0.1, 0.15) is 43.8 Å². The van der Waals surface area contributed by atoms with Crippen molar-refractivity contribution in [2.45, 2.75) is 19.1 Å². The molecule has 0 fully saturated rings. The highest BCUT2D eigenvalue weighted by atomic mass is 16.5. The molecule has 0 radical (unpaired) electrons. The lowest BCUT2D eigenvalue weighted by Gasteiger charge is -2.25. The molecule has 1 unspecified atom stereocenters. The molecule has 0 saturated heterocycles. The first kappa shape index (κ1) is 18.1. The highest BCUT2D eigenvalue weighted by Gasteiger charge is 2.28. The van der Waals surface area contributed by atoms with Crippen molar-refractivity contribution in [2.24, 2.45) is 0 Å². The van der Waals surface area contributed by atoms with Gasteiger partial charge in [0, 0.05) is 18.2 Å². The summed E-state index contributed by atoms with van der Waals surface area (Å²) >= 11 is 0. The van der Waals surface area contributed by atoms with Crippen LogP contribution in [0.2, 0.25) is 0 Å². The second kappa shape index (κ2) is 7.44. The van der Waals surface area contributed by atoms with Crippen molar-refractivity contribution in [3.8, 4) is 0 Å². The van der Waals surface area contributed by atoms with Gasteiger partial charge in [0.05, 0.1) is 12.1 Å². The van der Waals surface area contributed by atoms with Crippen molar-refractivity contribution in [1.29, 1.82) is 0 Å². The van der Waals surface area contributed by atoms with E-state index in [0.29, 0.717) is 23.4 Å². The number of esters is 1. The molecule has 4 aromatic rings. The summed E-state index contributed by atoms with van der Waals surface area (Å²) < 4.78 is 7.41. The van der Waals surface area contributed by atoms with Crippen molar-refractivity contribution in [3.05, 3.63) is 101 Å². The summed E-state index contributed by atoms with van der Waals surface area (Å²) in [6, 6.07) is 20.3. The molecule has 1 N–H and O–H groups in total. The first-order chi connectivity index (χ1) is 14.7. The van der Waals surface area contributed by atoms with Gasteiger partial charge in [-0.2, -0.15) is 0 Å². The van der Waals surface area contributed by atoms with Gasteiger partial charge < -0.3 is 10.1 Å². The van der Waals surface area contributed by atoms with E-state index in [1.54, 1.807) is 18.2 Å². The van der Waals surface area contributed by atoms with Crippen molar-refractivity contribution in [3.63, 3.8) is 0 Å². The standard InChI is InChI=1S/C23H18N4O3/c28-22(24-14-21-26-25-20-8-4-5-11-27(20)21)16-9-10-18-17(12-16)13-19(30-23(18)29)15-6-2-1-3-7-15/h1-12,19H,13-14H2,(H,24,28). The van der Waals surface area contributed by atoms with E-state index in [1.165, 1.54) is 0 Å². The molecule has 2 aromatic heterocycles. The Hall–Kier alpha value is -4.00. The quantitative estimate of drug-likeness (QED) is 0.534. The maximum absolute atomic E-state index is 12.7. The summed E-state index contributed by atoms with van der Waals surface area (Å²) in [4.78, 5) is 25.1. The highest BCUT2D eigenvalue weighted by Crippen LogP contribution is 2.31. The molecular formula is C23H18N4O3. The second-order valence-electron chi connectivity index (χ2n) is 7.11. The third kappa shape index (κ3) is 3.30. The Kier molecular flexibility index (Phi) is 4.48. The van der Waals surface area contributed by atoms with Crippen molar-refractivity contribution in [2.75, 3.05) is 0 Å². The zero-order chi connectivity index (χ0) is 20.5. The van der Waals surface area contributed by atoms with E-state index < -0.39 is 0 Å². The minimum absolute atomic E-state index is 0.235. The second-order valence-corrected chi connectivity index (χ2v) is 7.11. The lowest BCUT2D eigenvalue weighted by atomic mass is 9.93. The fraction of sp³-hybridized carbons (Fsp3) is 0.130. The molecule has 7 heteroatoms. The monoisotopic (exact) mass is 398 g/mol. The number of benzene rings is 2. The number of hydrogen-bond donors (Lipinski definition) is 1. The summed E-state index contributed by atoms with van der Waals surface area (Å²) in [6.07, 6.45) is 2.03.